The third-order valence-corrected chi connectivity index (χ3v) is 2.64. The quantitative estimate of drug-likeness (QED) is 0.780. The highest BCUT2D eigenvalue weighted by atomic mass is 16.2. The Labute approximate surface area is 99.1 Å². The molecule has 2 amide bonds. The average Bonchev–Trinajstić information content (AvgIpc) is 2.34. The number of piperazine rings is 1. The van der Waals surface area contributed by atoms with Crippen LogP contribution in [0.15, 0.2) is 18.5 Å². The number of hydrogen-bond acceptors (Lipinski definition) is 4. The highest BCUT2D eigenvalue weighted by Gasteiger charge is 2.31. The first kappa shape index (κ1) is 11.5. The molecule has 2 heterocycles. The van der Waals surface area contributed by atoms with Gasteiger partial charge in [0.1, 0.15) is 18.4 Å². The van der Waals surface area contributed by atoms with E-state index in [0.29, 0.717) is 12.2 Å². The molecule has 1 atom stereocenters. The van der Waals surface area contributed by atoms with Gasteiger partial charge in [0.15, 0.2) is 0 Å². The minimum absolute atomic E-state index is 0.0699. The van der Waals surface area contributed by atoms with Crippen molar-refractivity contribution in [1.82, 2.24) is 20.2 Å². The van der Waals surface area contributed by atoms with Gasteiger partial charge in [-0.1, -0.05) is 6.92 Å². The van der Waals surface area contributed by atoms with Gasteiger partial charge in [0.05, 0.1) is 6.54 Å². The topological polar surface area (TPSA) is 75.2 Å². The number of nitrogens with one attached hydrogen (secondary N) is 1. The van der Waals surface area contributed by atoms with Crippen molar-refractivity contribution in [3.63, 3.8) is 0 Å². The summed E-state index contributed by atoms with van der Waals surface area (Å²) >= 11 is 0. The summed E-state index contributed by atoms with van der Waals surface area (Å²) in [6.07, 6.45) is 3.83. The van der Waals surface area contributed by atoms with E-state index in [1.807, 2.05) is 6.92 Å². The number of carbonyl (C=O) groups excluding carboxylic acids is 2. The molecule has 0 bridgehead atoms. The second kappa shape index (κ2) is 4.90. The summed E-state index contributed by atoms with van der Waals surface area (Å²) in [5.41, 5.74) is 0. The van der Waals surface area contributed by atoms with Crippen molar-refractivity contribution in [2.45, 2.75) is 25.9 Å². The summed E-state index contributed by atoms with van der Waals surface area (Å²) in [5, 5.41) is 2.66. The molecule has 1 aliphatic rings. The molecule has 1 N–H and O–H groups in total. The first-order valence-electron chi connectivity index (χ1n) is 5.54. The summed E-state index contributed by atoms with van der Waals surface area (Å²) in [6.45, 7) is 2.22. The maximum Gasteiger partial charge on any atom is 0.246 e. The molecule has 0 spiro atoms. The molecule has 90 valence electrons. The van der Waals surface area contributed by atoms with Crippen LogP contribution in [0.5, 0.6) is 0 Å². The van der Waals surface area contributed by atoms with Gasteiger partial charge in [-0.25, -0.2) is 9.97 Å². The van der Waals surface area contributed by atoms with Crippen LogP contribution in [0.3, 0.4) is 0 Å². The van der Waals surface area contributed by atoms with Crippen LogP contribution in [0.1, 0.15) is 19.2 Å². The second-order valence-corrected chi connectivity index (χ2v) is 3.89. The smallest absolute Gasteiger partial charge is 0.246 e. The number of carbonyl (C=O) groups is 2. The minimum atomic E-state index is -0.417. The van der Waals surface area contributed by atoms with Crippen LogP contribution < -0.4 is 5.32 Å². The lowest BCUT2D eigenvalue weighted by Crippen LogP contribution is -2.57. The first-order chi connectivity index (χ1) is 8.20. The zero-order valence-electron chi connectivity index (χ0n) is 9.59. The van der Waals surface area contributed by atoms with Crippen molar-refractivity contribution >= 4 is 11.8 Å². The van der Waals surface area contributed by atoms with Crippen molar-refractivity contribution in [3.8, 4) is 0 Å². The van der Waals surface area contributed by atoms with Crippen LogP contribution in [0, 0.1) is 0 Å². The monoisotopic (exact) mass is 234 g/mol. The molecule has 1 saturated heterocycles. The fraction of sp³-hybridized carbons (Fsp3) is 0.455. The summed E-state index contributed by atoms with van der Waals surface area (Å²) in [5.74, 6) is 0.345. The molecule has 1 aromatic heterocycles. The Bertz CT molecular complexity index is 421. The van der Waals surface area contributed by atoms with E-state index < -0.39 is 6.04 Å². The normalized spacial score (nSPS) is 20.3. The predicted molar refractivity (Wildman–Crippen MR) is 59.7 cm³/mol. The number of hydrogen-bond donors (Lipinski definition) is 1. The van der Waals surface area contributed by atoms with Crippen molar-refractivity contribution in [2.75, 3.05) is 6.54 Å². The molecule has 1 fully saturated rings. The Morgan fingerprint density at radius 1 is 1.41 bits per heavy atom. The van der Waals surface area contributed by atoms with Crippen LogP contribution in [0.2, 0.25) is 0 Å². The zero-order valence-corrected chi connectivity index (χ0v) is 9.59. The standard InChI is InChI=1S/C11H14N4O2/c1-2-8-11(17)15(7-10(16)14-8)6-9-12-4-3-5-13-9/h3-5,8H,2,6-7H2,1H3,(H,14,16). The molecule has 6 heteroatoms. The summed E-state index contributed by atoms with van der Waals surface area (Å²) in [7, 11) is 0. The molecule has 1 aliphatic heterocycles. The van der Waals surface area contributed by atoms with Gasteiger partial charge in [0.25, 0.3) is 0 Å². The molecule has 2 rings (SSSR count). The Morgan fingerprint density at radius 3 is 2.76 bits per heavy atom. The SMILES string of the molecule is CCC1NC(=O)CN(Cc2ncccn2)C1=O. The van der Waals surface area contributed by atoms with E-state index in [9.17, 15) is 9.59 Å². The van der Waals surface area contributed by atoms with E-state index in [1.54, 1.807) is 18.5 Å². The van der Waals surface area contributed by atoms with Crippen LogP contribution in [0.25, 0.3) is 0 Å². The van der Waals surface area contributed by atoms with Gasteiger partial charge >= 0.3 is 0 Å². The number of amides is 2. The molecule has 0 aliphatic carbocycles. The number of rotatable bonds is 3. The highest BCUT2D eigenvalue weighted by Crippen LogP contribution is 2.08. The minimum Gasteiger partial charge on any atom is -0.343 e. The van der Waals surface area contributed by atoms with E-state index in [2.05, 4.69) is 15.3 Å². The fourth-order valence-electron chi connectivity index (χ4n) is 1.77. The maximum atomic E-state index is 12.0. The van der Waals surface area contributed by atoms with E-state index in [-0.39, 0.29) is 24.9 Å². The van der Waals surface area contributed by atoms with Gasteiger partial charge in [-0.15, -0.1) is 0 Å². The molecular weight excluding hydrogens is 220 g/mol. The lowest BCUT2D eigenvalue weighted by molar-refractivity contribution is -0.145. The van der Waals surface area contributed by atoms with Crippen LogP contribution in [0.4, 0.5) is 0 Å². The highest BCUT2D eigenvalue weighted by molar-refractivity contribution is 5.94. The van der Waals surface area contributed by atoms with Crippen LogP contribution in [-0.2, 0) is 16.1 Å². The Balaban J connectivity index is 2.09. The Kier molecular flexibility index (Phi) is 3.32. The second-order valence-electron chi connectivity index (χ2n) is 3.89. The van der Waals surface area contributed by atoms with Crippen LogP contribution in [-0.4, -0.2) is 39.3 Å². The fourth-order valence-corrected chi connectivity index (χ4v) is 1.77. The molecule has 0 aromatic carbocycles. The third kappa shape index (κ3) is 2.58. The van der Waals surface area contributed by atoms with Gasteiger partial charge in [-0.05, 0) is 12.5 Å². The Morgan fingerprint density at radius 2 is 2.12 bits per heavy atom. The molecule has 1 unspecified atom stereocenters. The zero-order chi connectivity index (χ0) is 12.3. The van der Waals surface area contributed by atoms with E-state index in [4.69, 9.17) is 0 Å². The number of aromatic nitrogens is 2. The third-order valence-electron chi connectivity index (χ3n) is 2.64. The molecule has 6 nitrogen and oxygen atoms in total. The maximum absolute atomic E-state index is 12.0. The molecule has 0 saturated carbocycles. The van der Waals surface area contributed by atoms with Crippen LogP contribution >= 0.6 is 0 Å². The number of nitrogens with zero attached hydrogens (tertiary/aromatic N) is 3. The van der Waals surface area contributed by atoms with E-state index >= 15 is 0 Å². The Hall–Kier alpha value is -1.98. The summed E-state index contributed by atoms with van der Waals surface area (Å²) in [6, 6.07) is 1.29. The van der Waals surface area contributed by atoms with Gasteiger partial charge in [-0.2, -0.15) is 0 Å². The first-order valence-corrected chi connectivity index (χ1v) is 5.54. The van der Waals surface area contributed by atoms with Gasteiger partial charge in [-0.3, -0.25) is 9.59 Å². The van der Waals surface area contributed by atoms with Gasteiger partial charge < -0.3 is 10.2 Å². The van der Waals surface area contributed by atoms with Crippen molar-refractivity contribution < 1.29 is 9.59 Å². The lowest BCUT2D eigenvalue weighted by Gasteiger charge is -2.31. The summed E-state index contributed by atoms with van der Waals surface area (Å²) < 4.78 is 0. The van der Waals surface area contributed by atoms with Crippen molar-refractivity contribution in [2.24, 2.45) is 0 Å². The molecular formula is C11H14N4O2. The van der Waals surface area contributed by atoms with E-state index in [1.165, 1.54) is 4.90 Å². The largest absolute Gasteiger partial charge is 0.343 e. The van der Waals surface area contributed by atoms with Crippen molar-refractivity contribution in [3.05, 3.63) is 24.3 Å². The van der Waals surface area contributed by atoms with Gasteiger partial charge in [0.2, 0.25) is 11.8 Å². The van der Waals surface area contributed by atoms with Gasteiger partial charge in [0, 0.05) is 12.4 Å². The average molecular weight is 234 g/mol. The van der Waals surface area contributed by atoms with E-state index in [0.717, 1.165) is 0 Å². The predicted octanol–water partition coefficient (Wildman–Crippen LogP) is -0.286. The van der Waals surface area contributed by atoms with Crippen molar-refractivity contribution in [1.29, 1.82) is 0 Å². The molecule has 1 aromatic rings. The lowest BCUT2D eigenvalue weighted by atomic mass is 10.1. The summed E-state index contributed by atoms with van der Waals surface area (Å²) in [4.78, 5) is 33.0. The molecule has 17 heavy (non-hydrogen) atoms. The molecule has 0 radical (unpaired) electrons.